The molecule has 0 aromatic carbocycles. The van der Waals surface area contributed by atoms with E-state index in [0.717, 1.165) is 13.8 Å². The molecule has 0 aromatic heterocycles. The van der Waals surface area contributed by atoms with Gasteiger partial charge in [0.2, 0.25) is 6.29 Å². The highest BCUT2D eigenvalue weighted by Gasteiger charge is 2.51. The summed E-state index contributed by atoms with van der Waals surface area (Å²) < 4.78 is 28.3. The van der Waals surface area contributed by atoms with Crippen LogP contribution in [0, 0.1) is 5.92 Å². The molecule has 1 heterocycles. The first kappa shape index (κ1) is 18.3. The zero-order valence-electron chi connectivity index (χ0n) is 12.1. The van der Waals surface area contributed by atoms with Crippen molar-refractivity contribution in [3.63, 3.8) is 0 Å². The Bertz CT molecular complexity index is 401. The summed E-state index contributed by atoms with van der Waals surface area (Å²) in [4.78, 5) is 37.9. The highest BCUT2D eigenvalue weighted by molar-refractivity contribution is 5.69. The van der Waals surface area contributed by atoms with Crippen molar-refractivity contribution in [3.8, 4) is 0 Å². The van der Waals surface area contributed by atoms with E-state index < -0.39 is 61.5 Å². The molecule has 22 heavy (non-hydrogen) atoms. The highest BCUT2D eigenvalue weighted by atomic mass is 19.1. The van der Waals surface area contributed by atoms with Crippen LogP contribution in [-0.4, -0.2) is 54.3 Å². The number of carboxylic acid groups (broad SMARTS) is 1. The summed E-state index contributed by atoms with van der Waals surface area (Å²) in [6.45, 7) is 1.12. The molecule has 0 unspecified atom stereocenters. The quantitative estimate of drug-likeness (QED) is 0.491. The average Bonchev–Trinajstić information content (AvgIpc) is 2.41. The lowest BCUT2D eigenvalue weighted by atomic mass is 9.86. The average molecular weight is 323 g/mol. The Balaban J connectivity index is 3.14. The monoisotopic (exact) mass is 323 g/mol. The fourth-order valence-corrected chi connectivity index (χ4v) is 2.33. The van der Waals surface area contributed by atoms with Crippen LogP contribution < -0.4 is 5.90 Å². The fraction of sp³-hybridized carbons (Fsp3) is 0.750. The SMILES string of the molecule is CC(=O)O[C@H]1[C@H](ON)O[C@H](CF)[C@H](CC(=O)O)[C@@H]1OC(C)=O. The van der Waals surface area contributed by atoms with E-state index in [1.807, 2.05) is 0 Å². The molecule has 0 aromatic rings. The molecule has 1 fully saturated rings. The van der Waals surface area contributed by atoms with E-state index >= 15 is 0 Å². The van der Waals surface area contributed by atoms with Crippen LogP contribution in [0.4, 0.5) is 4.39 Å². The van der Waals surface area contributed by atoms with Gasteiger partial charge in [-0.15, -0.1) is 0 Å². The molecule has 1 rings (SSSR count). The number of hydrogen-bond acceptors (Lipinski definition) is 8. The van der Waals surface area contributed by atoms with Crippen LogP contribution in [0.2, 0.25) is 0 Å². The molecule has 0 spiro atoms. The lowest BCUT2D eigenvalue weighted by molar-refractivity contribution is -0.295. The van der Waals surface area contributed by atoms with E-state index in [1.54, 1.807) is 0 Å². The Hall–Kier alpha value is -1.78. The summed E-state index contributed by atoms with van der Waals surface area (Å²) in [5.41, 5.74) is 0. The van der Waals surface area contributed by atoms with Crippen molar-refractivity contribution >= 4 is 17.9 Å². The number of rotatable bonds is 6. The topological polar surface area (TPSA) is 134 Å². The standard InChI is InChI=1S/C12H18FNO8/c1-5(15)19-10-7(3-9(17)18)8(4-13)21-12(22-14)11(10)20-6(2)16/h7-8,10-12H,3-4,14H2,1-2H3,(H,17,18)/t7-,8+,10-,11+,12-/m0/s1. The van der Waals surface area contributed by atoms with E-state index in [9.17, 15) is 18.8 Å². The maximum Gasteiger partial charge on any atom is 0.303 e. The van der Waals surface area contributed by atoms with Gasteiger partial charge in [0.25, 0.3) is 0 Å². The van der Waals surface area contributed by atoms with E-state index in [1.165, 1.54) is 0 Å². The Morgan fingerprint density at radius 2 is 1.73 bits per heavy atom. The minimum Gasteiger partial charge on any atom is -0.481 e. The first-order valence-corrected chi connectivity index (χ1v) is 6.43. The van der Waals surface area contributed by atoms with Crippen LogP contribution in [0.15, 0.2) is 0 Å². The molecule has 0 amide bonds. The van der Waals surface area contributed by atoms with Crippen molar-refractivity contribution in [3.05, 3.63) is 0 Å². The number of hydrogen-bond donors (Lipinski definition) is 2. The van der Waals surface area contributed by atoms with Gasteiger partial charge in [0.05, 0.1) is 12.5 Å². The summed E-state index contributed by atoms with van der Waals surface area (Å²) in [5.74, 6) is 1.20. The van der Waals surface area contributed by atoms with Gasteiger partial charge >= 0.3 is 17.9 Å². The number of alkyl halides is 1. The smallest absolute Gasteiger partial charge is 0.303 e. The van der Waals surface area contributed by atoms with Gasteiger partial charge in [0.15, 0.2) is 6.10 Å². The normalized spacial score (nSPS) is 31.4. The number of carboxylic acids is 1. The lowest BCUT2D eigenvalue weighted by Gasteiger charge is -2.43. The summed E-state index contributed by atoms with van der Waals surface area (Å²) in [7, 11) is 0. The van der Waals surface area contributed by atoms with Crippen molar-refractivity contribution in [1.29, 1.82) is 0 Å². The molecule has 0 radical (unpaired) electrons. The van der Waals surface area contributed by atoms with Crippen molar-refractivity contribution < 1.29 is 42.9 Å². The van der Waals surface area contributed by atoms with Crippen LogP contribution in [0.25, 0.3) is 0 Å². The van der Waals surface area contributed by atoms with Gasteiger partial charge in [0, 0.05) is 19.8 Å². The molecule has 126 valence electrons. The summed E-state index contributed by atoms with van der Waals surface area (Å²) in [6, 6.07) is 0. The predicted molar refractivity (Wildman–Crippen MR) is 66.8 cm³/mol. The first-order valence-electron chi connectivity index (χ1n) is 6.43. The van der Waals surface area contributed by atoms with Crippen molar-refractivity contribution in [2.45, 2.75) is 44.9 Å². The van der Waals surface area contributed by atoms with Gasteiger partial charge in [-0.1, -0.05) is 0 Å². The second kappa shape index (κ2) is 8.01. The van der Waals surface area contributed by atoms with Gasteiger partial charge in [-0.2, -0.15) is 0 Å². The minimum absolute atomic E-state index is 0.554. The highest BCUT2D eigenvalue weighted by Crippen LogP contribution is 2.33. The summed E-state index contributed by atoms with van der Waals surface area (Å²) in [6.07, 6.45) is -5.75. The number of carbonyl (C=O) groups is 3. The molecule has 0 saturated carbocycles. The summed E-state index contributed by atoms with van der Waals surface area (Å²) in [5, 5.41) is 8.94. The first-order chi connectivity index (χ1) is 10.3. The maximum atomic E-state index is 13.1. The molecule has 9 nitrogen and oxygen atoms in total. The molecule has 5 atom stereocenters. The van der Waals surface area contributed by atoms with Crippen LogP contribution in [0.1, 0.15) is 20.3 Å². The van der Waals surface area contributed by atoms with E-state index in [2.05, 4.69) is 4.84 Å². The number of carbonyl (C=O) groups excluding carboxylic acids is 2. The zero-order chi connectivity index (χ0) is 16.9. The Morgan fingerprint density at radius 3 is 2.14 bits per heavy atom. The predicted octanol–water partition coefficient (Wildman–Crippen LogP) is -0.475. The maximum absolute atomic E-state index is 13.1. The molecular weight excluding hydrogens is 305 g/mol. The van der Waals surface area contributed by atoms with Gasteiger partial charge in [0.1, 0.15) is 12.8 Å². The molecule has 1 aliphatic heterocycles. The lowest BCUT2D eigenvalue weighted by Crippen LogP contribution is -2.59. The molecule has 3 N–H and O–H groups in total. The minimum atomic E-state index is -1.39. The van der Waals surface area contributed by atoms with Crippen LogP contribution in [-0.2, 0) is 33.4 Å². The zero-order valence-corrected chi connectivity index (χ0v) is 12.1. The molecule has 10 heteroatoms. The van der Waals surface area contributed by atoms with Crippen molar-refractivity contribution in [2.75, 3.05) is 6.67 Å². The third-order valence-electron chi connectivity index (χ3n) is 3.10. The van der Waals surface area contributed by atoms with Gasteiger partial charge in [-0.25, -0.2) is 10.3 Å². The number of halogens is 1. The Kier molecular flexibility index (Phi) is 6.65. The number of ether oxygens (including phenoxy) is 3. The molecule has 1 saturated heterocycles. The third-order valence-corrected chi connectivity index (χ3v) is 3.10. The second-order valence-electron chi connectivity index (χ2n) is 4.74. The molecule has 0 aliphatic carbocycles. The Morgan fingerprint density at radius 1 is 1.18 bits per heavy atom. The van der Waals surface area contributed by atoms with Crippen LogP contribution >= 0.6 is 0 Å². The van der Waals surface area contributed by atoms with Crippen molar-refractivity contribution in [2.24, 2.45) is 11.8 Å². The van der Waals surface area contributed by atoms with Crippen LogP contribution in [0.3, 0.4) is 0 Å². The second-order valence-corrected chi connectivity index (χ2v) is 4.74. The fourth-order valence-electron chi connectivity index (χ4n) is 2.33. The number of esters is 2. The molecule has 0 bridgehead atoms. The van der Waals surface area contributed by atoms with E-state index in [-0.39, 0.29) is 0 Å². The van der Waals surface area contributed by atoms with Crippen LogP contribution in [0.5, 0.6) is 0 Å². The van der Waals surface area contributed by atoms with Gasteiger partial charge < -0.3 is 19.3 Å². The molecule has 1 aliphatic rings. The third kappa shape index (κ3) is 4.61. The largest absolute Gasteiger partial charge is 0.481 e. The Labute approximate surface area is 125 Å². The number of aliphatic carboxylic acids is 1. The number of nitrogens with two attached hydrogens (primary N) is 1. The molecular formula is C12H18FNO8. The van der Waals surface area contributed by atoms with Crippen molar-refractivity contribution in [1.82, 2.24) is 0 Å². The van der Waals surface area contributed by atoms with E-state index in [4.69, 9.17) is 25.2 Å². The summed E-state index contributed by atoms with van der Waals surface area (Å²) >= 11 is 0. The van der Waals surface area contributed by atoms with Gasteiger partial charge in [-0.3, -0.25) is 19.2 Å². The van der Waals surface area contributed by atoms with Gasteiger partial charge in [-0.05, 0) is 0 Å². The van der Waals surface area contributed by atoms with E-state index in [0.29, 0.717) is 0 Å².